The van der Waals surface area contributed by atoms with Gasteiger partial charge in [0, 0.05) is 11.4 Å². The minimum Gasteiger partial charge on any atom is -0.355 e. The summed E-state index contributed by atoms with van der Waals surface area (Å²) in [6, 6.07) is 1.68. The molecule has 0 radical (unpaired) electrons. The number of hydrogen-bond acceptors (Lipinski definition) is 5. The second-order valence-corrected chi connectivity index (χ2v) is 4.62. The van der Waals surface area contributed by atoms with Gasteiger partial charge >= 0.3 is 0 Å². The summed E-state index contributed by atoms with van der Waals surface area (Å²) in [5, 5.41) is 8.34. The fourth-order valence-electron chi connectivity index (χ4n) is 1.43. The number of aromatic nitrogens is 2. The van der Waals surface area contributed by atoms with Gasteiger partial charge in [-0.1, -0.05) is 5.16 Å². The molecule has 17 heavy (non-hydrogen) atoms. The minimum atomic E-state index is -0.997. The molecule has 1 aliphatic carbocycles. The molecule has 1 amide bonds. The molecule has 7 heteroatoms. The third-order valence-corrected chi connectivity index (χ3v) is 3.23. The summed E-state index contributed by atoms with van der Waals surface area (Å²) in [6.45, 7) is 0. The van der Waals surface area contributed by atoms with Gasteiger partial charge in [-0.3, -0.25) is 4.79 Å². The molecule has 0 spiro atoms. The fraction of sp³-hybridized carbons (Fsp3) is 0.300. The van der Waals surface area contributed by atoms with Crippen molar-refractivity contribution in [1.29, 1.82) is 0 Å². The largest absolute Gasteiger partial charge is 0.355 e. The van der Waals surface area contributed by atoms with Gasteiger partial charge in [0.15, 0.2) is 10.9 Å². The van der Waals surface area contributed by atoms with E-state index in [1.54, 1.807) is 11.4 Å². The molecular formula is C10H8FN3O2S. The molecule has 0 bridgehead atoms. The summed E-state index contributed by atoms with van der Waals surface area (Å²) in [6.07, 6.45) is 0.834. The van der Waals surface area contributed by atoms with Crippen molar-refractivity contribution in [3.05, 3.63) is 17.6 Å². The lowest BCUT2D eigenvalue weighted by molar-refractivity contribution is -0.117. The fourth-order valence-corrected chi connectivity index (χ4v) is 2.13. The number of carbonyl (C=O) groups excluding carboxylic acids is 1. The van der Waals surface area contributed by atoms with Crippen LogP contribution in [0.25, 0.3) is 11.5 Å². The Balaban J connectivity index is 1.71. The molecule has 1 N–H and O–H groups in total. The van der Waals surface area contributed by atoms with Crippen molar-refractivity contribution in [2.45, 2.75) is 12.6 Å². The highest BCUT2D eigenvalue weighted by Crippen LogP contribution is 2.35. The highest BCUT2D eigenvalue weighted by Gasteiger charge is 2.43. The van der Waals surface area contributed by atoms with Crippen LogP contribution < -0.4 is 5.32 Å². The van der Waals surface area contributed by atoms with Crippen LogP contribution in [0, 0.1) is 5.92 Å². The van der Waals surface area contributed by atoms with E-state index >= 15 is 0 Å². The first-order valence-electron chi connectivity index (χ1n) is 5.05. The second-order valence-electron chi connectivity index (χ2n) is 3.76. The molecule has 2 aromatic heterocycles. The van der Waals surface area contributed by atoms with Crippen LogP contribution in [0.1, 0.15) is 6.42 Å². The molecule has 0 saturated heterocycles. The topological polar surface area (TPSA) is 68.0 Å². The zero-order chi connectivity index (χ0) is 11.8. The summed E-state index contributed by atoms with van der Waals surface area (Å²) in [5.74, 6) is -0.278. The van der Waals surface area contributed by atoms with E-state index in [1.165, 1.54) is 17.5 Å². The molecule has 0 unspecified atom stereocenters. The van der Waals surface area contributed by atoms with Crippen LogP contribution in [-0.4, -0.2) is 22.2 Å². The van der Waals surface area contributed by atoms with E-state index in [1.807, 2.05) is 0 Å². The number of rotatable bonds is 3. The van der Waals surface area contributed by atoms with E-state index in [0.717, 1.165) is 0 Å². The van der Waals surface area contributed by atoms with Crippen molar-refractivity contribution < 1.29 is 13.7 Å². The molecule has 1 saturated carbocycles. The maximum atomic E-state index is 12.7. The van der Waals surface area contributed by atoms with E-state index in [4.69, 9.17) is 4.52 Å². The second kappa shape index (κ2) is 3.92. The summed E-state index contributed by atoms with van der Waals surface area (Å²) in [5.41, 5.74) is 0.607. The zero-order valence-electron chi connectivity index (χ0n) is 8.59. The Labute approximate surface area is 99.6 Å². The third-order valence-electron chi connectivity index (χ3n) is 2.47. The molecule has 3 rings (SSSR count). The number of nitrogens with one attached hydrogen (secondary N) is 1. The van der Waals surface area contributed by atoms with Crippen LogP contribution in [0.15, 0.2) is 22.2 Å². The Bertz CT molecular complexity index is 540. The van der Waals surface area contributed by atoms with Gasteiger partial charge in [-0.25, -0.2) is 9.37 Å². The first kappa shape index (κ1) is 10.4. The molecule has 0 aliphatic heterocycles. The average Bonchev–Trinajstić information content (AvgIpc) is 2.76. The van der Waals surface area contributed by atoms with Crippen LogP contribution in [0.2, 0.25) is 0 Å². The number of thiazole rings is 1. The number of amides is 1. The molecule has 2 heterocycles. The molecule has 0 aromatic carbocycles. The molecule has 1 fully saturated rings. The van der Waals surface area contributed by atoms with Gasteiger partial charge in [0.1, 0.15) is 11.9 Å². The lowest BCUT2D eigenvalue weighted by Gasteiger charge is -1.97. The number of anilines is 1. The average molecular weight is 253 g/mol. The van der Waals surface area contributed by atoms with E-state index in [2.05, 4.69) is 15.5 Å². The number of carbonyl (C=O) groups is 1. The Morgan fingerprint density at radius 1 is 1.65 bits per heavy atom. The molecule has 2 aromatic rings. The summed E-state index contributed by atoms with van der Waals surface area (Å²) in [7, 11) is 0. The summed E-state index contributed by atoms with van der Waals surface area (Å²) in [4.78, 5) is 15.6. The van der Waals surface area contributed by atoms with E-state index in [-0.39, 0.29) is 5.91 Å². The molecule has 1 aliphatic rings. The van der Waals surface area contributed by atoms with Gasteiger partial charge in [-0.2, -0.15) is 0 Å². The van der Waals surface area contributed by atoms with Gasteiger partial charge in [-0.15, -0.1) is 11.3 Å². The van der Waals surface area contributed by atoms with Gasteiger partial charge in [-0.05, 0) is 6.42 Å². The molecule has 5 nitrogen and oxygen atoms in total. The minimum absolute atomic E-state index is 0.309. The number of halogens is 1. The van der Waals surface area contributed by atoms with Crippen molar-refractivity contribution >= 4 is 22.4 Å². The zero-order valence-corrected chi connectivity index (χ0v) is 9.41. The standard InChI is InChI=1S/C10H8FN3O2S/c11-6-3-5(6)9(15)14-10-13-7(4-17-10)8-1-2-12-16-8/h1-2,4-6H,3H2,(H,13,14,15)/t5-,6+/m1/s1. The van der Waals surface area contributed by atoms with Crippen molar-refractivity contribution in [3.63, 3.8) is 0 Å². The monoisotopic (exact) mass is 253 g/mol. The van der Waals surface area contributed by atoms with E-state index in [0.29, 0.717) is 23.0 Å². The lowest BCUT2D eigenvalue weighted by Crippen LogP contribution is -2.14. The smallest absolute Gasteiger partial charge is 0.232 e. The lowest BCUT2D eigenvalue weighted by atomic mass is 10.4. The third kappa shape index (κ3) is 2.05. The number of hydrogen-bond donors (Lipinski definition) is 1. The van der Waals surface area contributed by atoms with Gasteiger partial charge < -0.3 is 9.84 Å². The Kier molecular flexibility index (Phi) is 2.40. The van der Waals surface area contributed by atoms with Crippen molar-refractivity contribution in [2.24, 2.45) is 5.92 Å². The van der Waals surface area contributed by atoms with Crippen LogP contribution in [0.3, 0.4) is 0 Å². The number of alkyl halides is 1. The molecule has 2 atom stereocenters. The predicted molar refractivity (Wildman–Crippen MR) is 59.2 cm³/mol. The first-order valence-corrected chi connectivity index (χ1v) is 5.93. The Morgan fingerprint density at radius 3 is 3.12 bits per heavy atom. The van der Waals surface area contributed by atoms with Crippen LogP contribution in [0.5, 0.6) is 0 Å². The van der Waals surface area contributed by atoms with Crippen molar-refractivity contribution in [1.82, 2.24) is 10.1 Å². The van der Waals surface area contributed by atoms with Crippen LogP contribution >= 0.6 is 11.3 Å². The quantitative estimate of drug-likeness (QED) is 0.909. The van der Waals surface area contributed by atoms with Crippen LogP contribution in [0.4, 0.5) is 9.52 Å². The maximum Gasteiger partial charge on any atom is 0.232 e. The maximum absolute atomic E-state index is 12.7. The SMILES string of the molecule is O=C(Nc1nc(-c2ccno2)cs1)[C@@H]1C[C@@H]1F. The Morgan fingerprint density at radius 2 is 2.47 bits per heavy atom. The summed E-state index contributed by atoms with van der Waals surface area (Å²) >= 11 is 1.27. The molecule has 88 valence electrons. The van der Waals surface area contributed by atoms with Gasteiger partial charge in [0.25, 0.3) is 0 Å². The van der Waals surface area contributed by atoms with Crippen molar-refractivity contribution in [3.8, 4) is 11.5 Å². The van der Waals surface area contributed by atoms with E-state index in [9.17, 15) is 9.18 Å². The van der Waals surface area contributed by atoms with Crippen LogP contribution in [-0.2, 0) is 4.79 Å². The van der Waals surface area contributed by atoms with Gasteiger partial charge in [0.2, 0.25) is 5.91 Å². The predicted octanol–water partition coefficient (Wildman–Crippen LogP) is 2.09. The van der Waals surface area contributed by atoms with Crippen molar-refractivity contribution in [2.75, 3.05) is 5.32 Å². The first-order chi connectivity index (χ1) is 8.24. The Hall–Kier alpha value is -1.76. The summed E-state index contributed by atoms with van der Waals surface area (Å²) < 4.78 is 17.6. The molecular weight excluding hydrogens is 245 g/mol. The van der Waals surface area contributed by atoms with E-state index < -0.39 is 12.1 Å². The van der Waals surface area contributed by atoms with Gasteiger partial charge in [0.05, 0.1) is 12.1 Å². The highest BCUT2D eigenvalue weighted by molar-refractivity contribution is 7.14. The number of nitrogens with zero attached hydrogens (tertiary/aromatic N) is 2. The normalized spacial score (nSPS) is 22.4. The highest BCUT2D eigenvalue weighted by atomic mass is 32.1.